The van der Waals surface area contributed by atoms with Gasteiger partial charge in [-0.05, 0) is 49.6 Å². The summed E-state index contributed by atoms with van der Waals surface area (Å²) in [4.78, 5) is 8.52. The van der Waals surface area contributed by atoms with Gasteiger partial charge in [-0.3, -0.25) is 0 Å². The Hall–Kier alpha value is -3.08. The molecule has 2 aromatic carbocycles. The van der Waals surface area contributed by atoms with Crippen LogP contribution in [0.2, 0.25) is 0 Å². The van der Waals surface area contributed by atoms with Gasteiger partial charge in [0.1, 0.15) is 12.0 Å². The van der Waals surface area contributed by atoms with Gasteiger partial charge in [0.05, 0.1) is 0 Å². The van der Waals surface area contributed by atoms with Crippen molar-refractivity contribution in [2.24, 2.45) is 0 Å². The zero-order chi connectivity index (χ0) is 17.8. The predicted octanol–water partition coefficient (Wildman–Crippen LogP) is 4.34. The maximum absolute atomic E-state index is 6.24. The first kappa shape index (κ1) is 16.8. The van der Waals surface area contributed by atoms with Crippen LogP contribution in [0.15, 0.2) is 48.8 Å². The van der Waals surface area contributed by atoms with Gasteiger partial charge in [-0.2, -0.15) is 0 Å². The predicted molar refractivity (Wildman–Crippen MR) is 104 cm³/mol. The second-order valence-electron chi connectivity index (χ2n) is 6.25. The number of aryl methyl sites for hydroxylation is 3. The summed E-state index contributed by atoms with van der Waals surface area (Å²) in [5.74, 6) is 1.23. The van der Waals surface area contributed by atoms with Crippen LogP contribution in [-0.4, -0.2) is 9.97 Å². The summed E-state index contributed by atoms with van der Waals surface area (Å²) in [5.41, 5.74) is 12.6. The van der Waals surface area contributed by atoms with Gasteiger partial charge < -0.3 is 16.4 Å². The molecule has 3 rings (SSSR count). The highest BCUT2D eigenvalue weighted by Gasteiger charge is 2.08. The lowest BCUT2D eigenvalue weighted by Crippen LogP contribution is -2.08. The van der Waals surface area contributed by atoms with E-state index in [1.54, 1.807) is 0 Å². The quantitative estimate of drug-likeness (QED) is 0.647. The van der Waals surface area contributed by atoms with E-state index in [9.17, 15) is 0 Å². The van der Waals surface area contributed by atoms with Crippen molar-refractivity contribution >= 4 is 23.0 Å². The van der Waals surface area contributed by atoms with E-state index in [1.807, 2.05) is 6.07 Å². The van der Waals surface area contributed by atoms with E-state index in [4.69, 9.17) is 5.73 Å². The van der Waals surface area contributed by atoms with Crippen LogP contribution in [0.1, 0.15) is 22.3 Å². The Morgan fingerprint density at radius 3 is 2.32 bits per heavy atom. The van der Waals surface area contributed by atoms with Crippen molar-refractivity contribution in [1.82, 2.24) is 9.97 Å². The molecule has 5 heteroatoms. The maximum Gasteiger partial charge on any atom is 0.159 e. The van der Waals surface area contributed by atoms with Gasteiger partial charge in [-0.1, -0.05) is 35.9 Å². The fraction of sp³-hybridized carbons (Fsp3) is 0.200. The first-order valence-corrected chi connectivity index (χ1v) is 8.27. The van der Waals surface area contributed by atoms with Crippen molar-refractivity contribution in [3.05, 3.63) is 71.0 Å². The summed E-state index contributed by atoms with van der Waals surface area (Å²) in [6.45, 7) is 6.90. The van der Waals surface area contributed by atoms with Gasteiger partial charge in [-0.25, -0.2) is 9.97 Å². The van der Waals surface area contributed by atoms with Crippen molar-refractivity contribution < 1.29 is 0 Å². The summed E-state index contributed by atoms with van der Waals surface area (Å²) < 4.78 is 0. The smallest absolute Gasteiger partial charge is 0.159 e. The Kier molecular flexibility index (Phi) is 4.84. The number of nitrogens with one attached hydrogen (secondary N) is 2. The Morgan fingerprint density at radius 1 is 0.880 bits per heavy atom. The Labute approximate surface area is 148 Å². The molecule has 0 saturated carbocycles. The molecule has 0 radical (unpaired) electrons. The van der Waals surface area contributed by atoms with Gasteiger partial charge in [0.25, 0.3) is 0 Å². The zero-order valence-electron chi connectivity index (χ0n) is 14.8. The van der Waals surface area contributed by atoms with E-state index < -0.39 is 0 Å². The number of rotatable bonds is 5. The summed E-state index contributed by atoms with van der Waals surface area (Å²) in [7, 11) is 0. The number of hydrogen-bond acceptors (Lipinski definition) is 5. The zero-order valence-corrected chi connectivity index (χ0v) is 14.8. The average Bonchev–Trinajstić information content (AvgIpc) is 2.60. The molecule has 25 heavy (non-hydrogen) atoms. The molecule has 0 aliphatic rings. The molecule has 0 atom stereocenters. The maximum atomic E-state index is 6.24. The van der Waals surface area contributed by atoms with E-state index in [-0.39, 0.29) is 0 Å². The highest BCUT2D eigenvalue weighted by atomic mass is 15.1. The third kappa shape index (κ3) is 4.07. The van der Waals surface area contributed by atoms with Crippen LogP contribution in [0.25, 0.3) is 0 Å². The summed E-state index contributed by atoms with van der Waals surface area (Å²) in [6, 6.07) is 14.5. The molecule has 0 unspecified atom stereocenters. The minimum Gasteiger partial charge on any atom is -0.393 e. The van der Waals surface area contributed by atoms with Crippen LogP contribution >= 0.6 is 0 Å². The van der Waals surface area contributed by atoms with Crippen LogP contribution in [-0.2, 0) is 6.54 Å². The second-order valence-corrected chi connectivity index (χ2v) is 6.25. The van der Waals surface area contributed by atoms with Crippen molar-refractivity contribution in [1.29, 1.82) is 0 Å². The molecule has 0 aliphatic heterocycles. The molecule has 0 bridgehead atoms. The van der Waals surface area contributed by atoms with Crippen LogP contribution in [0, 0.1) is 20.8 Å². The minimum absolute atomic E-state index is 0.507. The highest BCUT2D eigenvalue weighted by molar-refractivity contribution is 5.77. The number of nitrogens with two attached hydrogens (primary N) is 1. The number of nitrogen functional groups attached to an aromatic ring is 1. The van der Waals surface area contributed by atoms with Crippen LogP contribution in [0.4, 0.5) is 23.0 Å². The second kappa shape index (κ2) is 7.21. The fourth-order valence-corrected chi connectivity index (χ4v) is 2.48. The molecule has 0 fully saturated rings. The monoisotopic (exact) mass is 333 g/mol. The molecule has 128 valence electrons. The molecule has 0 aliphatic carbocycles. The topological polar surface area (TPSA) is 75.9 Å². The molecule has 0 amide bonds. The fourth-order valence-electron chi connectivity index (χ4n) is 2.48. The molecule has 5 nitrogen and oxygen atoms in total. The molecule has 3 aromatic rings. The van der Waals surface area contributed by atoms with E-state index in [2.05, 4.69) is 77.8 Å². The first-order valence-electron chi connectivity index (χ1n) is 8.27. The Balaban J connectivity index is 1.75. The summed E-state index contributed by atoms with van der Waals surface area (Å²) in [5, 5.41) is 6.55. The van der Waals surface area contributed by atoms with Crippen LogP contribution in [0.3, 0.4) is 0 Å². The Morgan fingerprint density at radius 2 is 1.60 bits per heavy atom. The molecule has 4 N–H and O–H groups in total. The summed E-state index contributed by atoms with van der Waals surface area (Å²) >= 11 is 0. The standard InChI is InChI=1S/C20H23N5/c1-13-4-7-16(8-5-13)11-22-19-18(21)20(24-12-23-19)25-17-9-6-14(2)15(3)10-17/h4-10,12H,11,21H2,1-3H3,(H2,22,23,24,25). The van der Waals surface area contributed by atoms with Gasteiger partial charge in [0.2, 0.25) is 0 Å². The third-order valence-electron chi connectivity index (χ3n) is 4.23. The molecule has 1 aromatic heterocycles. The molecule has 0 saturated heterocycles. The van der Waals surface area contributed by atoms with E-state index >= 15 is 0 Å². The average molecular weight is 333 g/mol. The van der Waals surface area contributed by atoms with Gasteiger partial charge >= 0.3 is 0 Å². The Bertz CT molecular complexity index is 872. The van der Waals surface area contributed by atoms with Crippen molar-refractivity contribution in [2.75, 3.05) is 16.4 Å². The number of nitrogens with zero attached hydrogens (tertiary/aromatic N) is 2. The van der Waals surface area contributed by atoms with Crippen molar-refractivity contribution in [2.45, 2.75) is 27.3 Å². The summed E-state index contributed by atoms with van der Waals surface area (Å²) in [6.07, 6.45) is 1.51. The van der Waals surface area contributed by atoms with Crippen LogP contribution < -0.4 is 16.4 Å². The van der Waals surface area contributed by atoms with Gasteiger partial charge in [0, 0.05) is 12.2 Å². The lowest BCUT2D eigenvalue weighted by molar-refractivity contribution is 1.08. The molecule has 0 spiro atoms. The lowest BCUT2D eigenvalue weighted by Gasteiger charge is -2.13. The minimum atomic E-state index is 0.507. The van der Waals surface area contributed by atoms with E-state index in [0.29, 0.717) is 23.9 Å². The highest BCUT2D eigenvalue weighted by Crippen LogP contribution is 2.27. The largest absolute Gasteiger partial charge is 0.393 e. The normalized spacial score (nSPS) is 10.5. The molecular formula is C20H23N5. The third-order valence-corrected chi connectivity index (χ3v) is 4.23. The van der Waals surface area contributed by atoms with Gasteiger partial charge in [0.15, 0.2) is 11.6 Å². The number of aromatic nitrogens is 2. The van der Waals surface area contributed by atoms with E-state index in [1.165, 1.54) is 28.6 Å². The first-order chi connectivity index (χ1) is 12.0. The number of anilines is 4. The van der Waals surface area contributed by atoms with Crippen LogP contribution in [0.5, 0.6) is 0 Å². The molecular weight excluding hydrogens is 310 g/mol. The number of hydrogen-bond donors (Lipinski definition) is 3. The SMILES string of the molecule is Cc1ccc(CNc2ncnc(Nc3ccc(C)c(C)c3)c2N)cc1. The molecule has 1 heterocycles. The number of benzene rings is 2. The van der Waals surface area contributed by atoms with E-state index in [0.717, 1.165) is 5.69 Å². The lowest BCUT2D eigenvalue weighted by atomic mass is 10.1. The van der Waals surface area contributed by atoms with Crippen molar-refractivity contribution in [3.8, 4) is 0 Å². The van der Waals surface area contributed by atoms with Gasteiger partial charge in [-0.15, -0.1) is 0 Å². The van der Waals surface area contributed by atoms with Crippen molar-refractivity contribution in [3.63, 3.8) is 0 Å².